The number of para-hydroxylation sites is 1. The SMILES string of the molecule is O=C(O)c1ccccc1OCCCCSc1ccccc1. The number of thioether (sulfide) groups is 1. The van der Waals surface area contributed by atoms with Crippen molar-refractivity contribution in [1.29, 1.82) is 0 Å². The maximum atomic E-state index is 11.0. The number of rotatable bonds is 8. The highest BCUT2D eigenvalue weighted by Gasteiger charge is 2.09. The second-order valence-corrected chi connectivity index (χ2v) is 5.69. The van der Waals surface area contributed by atoms with Crippen LogP contribution in [0.25, 0.3) is 0 Å². The van der Waals surface area contributed by atoms with E-state index in [9.17, 15) is 4.79 Å². The third kappa shape index (κ3) is 5.16. The number of carboxylic acid groups (broad SMARTS) is 1. The van der Waals surface area contributed by atoms with E-state index in [0.29, 0.717) is 12.4 Å². The molecule has 3 nitrogen and oxygen atoms in total. The Kier molecular flexibility index (Phi) is 6.16. The lowest BCUT2D eigenvalue weighted by atomic mass is 10.2. The van der Waals surface area contributed by atoms with Crippen molar-refractivity contribution < 1.29 is 14.6 Å². The number of carboxylic acids is 1. The molecule has 0 saturated heterocycles. The van der Waals surface area contributed by atoms with Crippen molar-refractivity contribution in [1.82, 2.24) is 0 Å². The lowest BCUT2D eigenvalue weighted by Crippen LogP contribution is -2.04. The van der Waals surface area contributed by atoms with E-state index in [4.69, 9.17) is 9.84 Å². The van der Waals surface area contributed by atoms with Gasteiger partial charge < -0.3 is 9.84 Å². The van der Waals surface area contributed by atoms with Crippen molar-refractivity contribution >= 4 is 17.7 Å². The number of unbranched alkanes of at least 4 members (excludes halogenated alkanes) is 1. The average Bonchev–Trinajstić information content (AvgIpc) is 2.52. The number of aromatic carboxylic acids is 1. The molecule has 1 N–H and O–H groups in total. The summed E-state index contributed by atoms with van der Waals surface area (Å²) in [5.41, 5.74) is 0.219. The minimum atomic E-state index is -0.953. The minimum absolute atomic E-state index is 0.219. The molecule has 2 rings (SSSR count). The normalized spacial score (nSPS) is 10.3. The first kappa shape index (κ1) is 15.4. The standard InChI is InChI=1S/C17H18O3S/c18-17(19)15-10-4-5-11-16(15)20-12-6-7-13-21-14-8-2-1-3-9-14/h1-5,8-11H,6-7,12-13H2,(H,18,19). The minimum Gasteiger partial charge on any atom is -0.493 e. The Morgan fingerprint density at radius 1 is 1.00 bits per heavy atom. The fourth-order valence-corrected chi connectivity index (χ4v) is 2.80. The van der Waals surface area contributed by atoms with Crippen molar-refractivity contribution in [3.8, 4) is 5.75 Å². The summed E-state index contributed by atoms with van der Waals surface area (Å²) < 4.78 is 5.56. The maximum Gasteiger partial charge on any atom is 0.339 e. The van der Waals surface area contributed by atoms with E-state index in [-0.39, 0.29) is 5.56 Å². The van der Waals surface area contributed by atoms with Crippen LogP contribution in [0.2, 0.25) is 0 Å². The summed E-state index contributed by atoms with van der Waals surface area (Å²) >= 11 is 1.83. The molecule has 21 heavy (non-hydrogen) atoms. The first-order chi connectivity index (χ1) is 10.3. The molecular weight excluding hydrogens is 284 g/mol. The molecule has 0 heterocycles. The Morgan fingerprint density at radius 2 is 1.71 bits per heavy atom. The van der Waals surface area contributed by atoms with Crippen LogP contribution in [0, 0.1) is 0 Å². The zero-order valence-electron chi connectivity index (χ0n) is 11.7. The Labute approximate surface area is 129 Å². The molecule has 2 aromatic carbocycles. The van der Waals surface area contributed by atoms with Crippen LogP contribution >= 0.6 is 11.8 Å². The molecule has 0 aromatic heterocycles. The summed E-state index contributed by atoms with van der Waals surface area (Å²) in [5.74, 6) is 0.527. The average molecular weight is 302 g/mol. The monoisotopic (exact) mass is 302 g/mol. The fourth-order valence-electron chi connectivity index (χ4n) is 1.86. The third-order valence-corrected chi connectivity index (χ3v) is 4.02. The first-order valence-corrected chi connectivity index (χ1v) is 7.89. The van der Waals surface area contributed by atoms with Gasteiger partial charge >= 0.3 is 5.97 Å². The Balaban J connectivity index is 1.67. The van der Waals surface area contributed by atoms with Gasteiger partial charge in [-0.25, -0.2) is 4.79 Å². The van der Waals surface area contributed by atoms with Crippen LogP contribution in [0.4, 0.5) is 0 Å². The lowest BCUT2D eigenvalue weighted by Gasteiger charge is -2.08. The molecule has 2 aromatic rings. The Morgan fingerprint density at radius 3 is 2.48 bits per heavy atom. The molecule has 0 aliphatic carbocycles. The second kappa shape index (κ2) is 8.37. The molecular formula is C17H18O3S. The number of ether oxygens (including phenoxy) is 1. The highest BCUT2D eigenvalue weighted by Crippen LogP contribution is 2.20. The molecule has 0 atom stereocenters. The van der Waals surface area contributed by atoms with Crippen LogP contribution in [-0.2, 0) is 0 Å². The van der Waals surface area contributed by atoms with Crippen LogP contribution in [0.3, 0.4) is 0 Å². The molecule has 0 aliphatic heterocycles. The van der Waals surface area contributed by atoms with Crippen LogP contribution in [-0.4, -0.2) is 23.4 Å². The summed E-state index contributed by atoms with van der Waals surface area (Å²) in [6, 6.07) is 17.0. The number of carbonyl (C=O) groups is 1. The summed E-state index contributed by atoms with van der Waals surface area (Å²) in [6.07, 6.45) is 1.95. The van der Waals surface area contributed by atoms with Crippen LogP contribution in [0.15, 0.2) is 59.5 Å². The number of hydrogen-bond acceptors (Lipinski definition) is 3. The van der Waals surface area contributed by atoms with E-state index in [1.807, 2.05) is 30.0 Å². The van der Waals surface area contributed by atoms with Crippen molar-refractivity contribution in [3.63, 3.8) is 0 Å². The van der Waals surface area contributed by atoms with Crippen LogP contribution < -0.4 is 4.74 Å². The summed E-state index contributed by atoms with van der Waals surface area (Å²) in [6.45, 7) is 0.541. The van der Waals surface area contributed by atoms with E-state index in [1.165, 1.54) is 4.90 Å². The van der Waals surface area contributed by atoms with E-state index in [2.05, 4.69) is 12.1 Å². The van der Waals surface area contributed by atoms with Gasteiger partial charge in [-0.1, -0.05) is 30.3 Å². The third-order valence-electron chi connectivity index (χ3n) is 2.93. The van der Waals surface area contributed by atoms with Crippen molar-refractivity contribution in [3.05, 3.63) is 60.2 Å². The number of benzene rings is 2. The zero-order chi connectivity index (χ0) is 14.9. The van der Waals surface area contributed by atoms with Gasteiger partial charge in [0.05, 0.1) is 6.61 Å². The molecule has 110 valence electrons. The van der Waals surface area contributed by atoms with E-state index in [0.717, 1.165) is 18.6 Å². The van der Waals surface area contributed by atoms with Crippen molar-refractivity contribution in [2.45, 2.75) is 17.7 Å². The van der Waals surface area contributed by atoms with Crippen LogP contribution in [0.5, 0.6) is 5.75 Å². The van der Waals surface area contributed by atoms with Crippen molar-refractivity contribution in [2.75, 3.05) is 12.4 Å². The lowest BCUT2D eigenvalue weighted by molar-refractivity contribution is 0.0692. The predicted molar refractivity (Wildman–Crippen MR) is 85.3 cm³/mol. The van der Waals surface area contributed by atoms with Crippen molar-refractivity contribution in [2.24, 2.45) is 0 Å². The number of hydrogen-bond donors (Lipinski definition) is 1. The summed E-state index contributed by atoms with van der Waals surface area (Å²) in [4.78, 5) is 12.3. The van der Waals surface area contributed by atoms with E-state index in [1.54, 1.807) is 24.3 Å². The smallest absolute Gasteiger partial charge is 0.339 e. The molecule has 0 fully saturated rings. The van der Waals surface area contributed by atoms with Crippen LogP contribution in [0.1, 0.15) is 23.2 Å². The van der Waals surface area contributed by atoms with Gasteiger partial charge in [0.1, 0.15) is 11.3 Å². The quantitative estimate of drug-likeness (QED) is 0.582. The second-order valence-electron chi connectivity index (χ2n) is 4.52. The van der Waals surface area contributed by atoms with Gasteiger partial charge in [0.2, 0.25) is 0 Å². The molecule has 0 amide bonds. The van der Waals surface area contributed by atoms with Gasteiger partial charge in [-0.15, -0.1) is 11.8 Å². The van der Waals surface area contributed by atoms with Gasteiger partial charge in [-0.2, -0.15) is 0 Å². The van der Waals surface area contributed by atoms with Gasteiger partial charge in [0, 0.05) is 4.90 Å². The zero-order valence-corrected chi connectivity index (χ0v) is 12.5. The molecule has 0 saturated carbocycles. The highest BCUT2D eigenvalue weighted by atomic mass is 32.2. The molecule has 0 unspecified atom stereocenters. The highest BCUT2D eigenvalue weighted by molar-refractivity contribution is 7.99. The van der Waals surface area contributed by atoms with E-state index >= 15 is 0 Å². The Bertz CT molecular complexity index is 569. The molecule has 0 spiro atoms. The predicted octanol–water partition coefficient (Wildman–Crippen LogP) is 4.34. The molecule has 4 heteroatoms. The van der Waals surface area contributed by atoms with Gasteiger partial charge in [0.25, 0.3) is 0 Å². The van der Waals surface area contributed by atoms with Gasteiger partial charge in [-0.3, -0.25) is 0 Å². The first-order valence-electron chi connectivity index (χ1n) is 6.90. The van der Waals surface area contributed by atoms with Gasteiger partial charge in [-0.05, 0) is 42.9 Å². The Hall–Kier alpha value is -1.94. The fraction of sp³-hybridized carbons (Fsp3) is 0.235. The summed E-state index contributed by atoms with van der Waals surface area (Å²) in [7, 11) is 0. The maximum absolute atomic E-state index is 11.0. The summed E-state index contributed by atoms with van der Waals surface area (Å²) in [5, 5.41) is 9.05. The largest absolute Gasteiger partial charge is 0.493 e. The molecule has 0 radical (unpaired) electrons. The topological polar surface area (TPSA) is 46.5 Å². The van der Waals surface area contributed by atoms with E-state index < -0.39 is 5.97 Å². The molecule has 0 aliphatic rings. The molecule has 0 bridgehead atoms. The van der Waals surface area contributed by atoms with Gasteiger partial charge in [0.15, 0.2) is 0 Å².